The molecule has 1 heterocycles. The summed E-state index contributed by atoms with van der Waals surface area (Å²) >= 11 is 1.28. The lowest BCUT2D eigenvalue weighted by Crippen LogP contribution is -2.28. The lowest BCUT2D eigenvalue weighted by Gasteiger charge is -2.20. The van der Waals surface area contributed by atoms with Crippen molar-refractivity contribution in [1.82, 2.24) is 20.1 Å². The summed E-state index contributed by atoms with van der Waals surface area (Å²) < 4.78 is 1.57. The van der Waals surface area contributed by atoms with Gasteiger partial charge in [0, 0.05) is 6.54 Å². The topological polar surface area (TPSA) is 79.8 Å². The average molecular weight is 375 g/mol. The van der Waals surface area contributed by atoms with Crippen LogP contribution in [0.4, 0.5) is 0 Å². The highest BCUT2D eigenvalue weighted by atomic mass is 32.2. The summed E-state index contributed by atoms with van der Waals surface area (Å²) in [6.45, 7) is 4.61. The molecule has 140 valence electrons. The fourth-order valence-corrected chi connectivity index (χ4v) is 4.14. The first kappa shape index (κ1) is 18.8. The number of carbonyl (C=O) groups excluding carboxylic acids is 1. The van der Waals surface area contributed by atoms with Crippen LogP contribution in [0.15, 0.2) is 28.2 Å². The van der Waals surface area contributed by atoms with Crippen molar-refractivity contribution in [3.8, 4) is 0 Å². The highest BCUT2D eigenvalue weighted by Crippen LogP contribution is 2.25. The first-order valence-electron chi connectivity index (χ1n) is 9.27. The molecule has 7 heteroatoms. The minimum atomic E-state index is -0.225. The molecule has 1 aliphatic rings. The molecule has 1 aliphatic carbocycles. The van der Waals surface area contributed by atoms with Crippen LogP contribution in [0.1, 0.15) is 55.8 Å². The van der Waals surface area contributed by atoms with E-state index in [1.165, 1.54) is 35.7 Å². The quantitative estimate of drug-likeness (QED) is 0.731. The van der Waals surface area contributed by atoms with Gasteiger partial charge in [-0.2, -0.15) is 0 Å². The van der Waals surface area contributed by atoms with Gasteiger partial charge in [-0.25, -0.2) is 9.89 Å². The van der Waals surface area contributed by atoms with Crippen LogP contribution >= 0.6 is 11.8 Å². The summed E-state index contributed by atoms with van der Waals surface area (Å²) in [6.07, 6.45) is 5.65. The third-order valence-electron chi connectivity index (χ3n) is 4.75. The van der Waals surface area contributed by atoms with E-state index >= 15 is 0 Å². The van der Waals surface area contributed by atoms with E-state index in [2.05, 4.69) is 33.7 Å². The van der Waals surface area contributed by atoms with Crippen molar-refractivity contribution in [2.75, 3.05) is 5.75 Å². The molecular formula is C19H26N4O2S. The average Bonchev–Trinajstić information content (AvgIpc) is 3.00. The summed E-state index contributed by atoms with van der Waals surface area (Å²) in [7, 11) is 0. The molecule has 0 fully saturated rings. The van der Waals surface area contributed by atoms with E-state index in [-0.39, 0.29) is 23.4 Å². The molecule has 0 bridgehead atoms. The summed E-state index contributed by atoms with van der Waals surface area (Å²) in [5.41, 5.74) is 3.79. The number of aromatic nitrogens is 3. The van der Waals surface area contributed by atoms with Gasteiger partial charge >= 0.3 is 5.69 Å². The molecule has 0 saturated heterocycles. The summed E-state index contributed by atoms with van der Waals surface area (Å²) in [5, 5.41) is 10.1. The number of carbonyl (C=O) groups is 1. The molecule has 2 aromatic rings. The van der Waals surface area contributed by atoms with Gasteiger partial charge in [0.05, 0.1) is 11.8 Å². The Morgan fingerprint density at radius 1 is 1.35 bits per heavy atom. The van der Waals surface area contributed by atoms with E-state index in [0.717, 1.165) is 24.8 Å². The highest BCUT2D eigenvalue weighted by Gasteiger charge is 2.15. The van der Waals surface area contributed by atoms with Crippen LogP contribution in [0.25, 0.3) is 0 Å². The van der Waals surface area contributed by atoms with Gasteiger partial charge in [-0.1, -0.05) is 36.9 Å². The molecule has 26 heavy (non-hydrogen) atoms. The SMILES string of the molecule is CCCn1c(SCC(=O)N[C@H](C)c2ccc3c(c2)CCCC3)n[nH]c1=O. The van der Waals surface area contributed by atoms with Crippen LogP contribution in [-0.4, -0.2) is 26.4 Å². The van der Waals surface area contributed by atoms with Gasteiger partial charge in [0.2, 0.25) is 5.91 Å². The number of thioether (sulfide) groups is 1. The maximum atomic E-state index is 12.3. The van der Waals surface area contributed by atoms with Crippen LogP contribution in [-0.2, 0) is 24.2 Å². The number of benzene rings is 1. The highest BCUT2D eigenvalue weighted by molar-refractivity contribution is 7.99. The van der Waals surface area contributed by atoms with Crippen molar-refractivity contribution < 1.29 is 4.79 Å². The third-order valence-corrected chi connectivity index (χ3v) is 5.73. The van der Waals surface area contributed by atoms with E-state index in [9.17, 15) is 9.59 Å². The van der Waals surface area contributed by atoms with Gasteiger partial charge < -0.3 is 5.32 Å². The molecule has 1 aromatic carbocycles. The number of nitrogens with one attached hydrogen (secondary N) is 2. The maximum Gasteiger partial charge on any atom is 0.343 e. The van der Waals surface area contributed by atoms with Crippen molar-refractivity contribution in [3.05, 3.63) is 45.4 Å². The zero-order valence-electron chi connectivity index (χ0n) is 15.4. The molecule has 0 spiro atoms. The Morgan fingerprint density at radius 3 is 2.88 bits per heavy atom. The first-order valence-corrected chi connectivity index (χ1v) is 10.3. The van der Waals surface area contributed by atoms with E-state index in [1.54, 1.807) is 4.57 Å². The first-order chi connectivity index (χ1) is 12.6. The van der Waals surface area contributed by atoms with Gasteiger partial charge in [-0.3, -0.25) is 9.36 Å². The van der Waals surface area contributed by atoms with Crippen molar-refractivity contribution >= 4 is 17.7 Å². The molecule has 1 atom stereocenters. The van der Waals surface area contributed by atoms with Crippen LogP contribution in [0.2, 0.25) is 0 Å². The molecule has 6 nitrogen and oxygen atoms in total. The molecule has 1 amide bonds. The van der Waals surface area contributed by atoms with Gasteiger partial charge in [0.15, 0.2) is 5.16 Å². The van der Waals surface area contributed by atoms with Crippen LogP contribution in [0.3, 0.4) is 0 Å². The van der Waals surface area contributed by atoms with E-state index in [1.807, 2.05) is 13.8 Å². The Balaban J connectivity index is 1.57. The number of amides is 1. The number of nitrogens with zero attached hydrogens (tertiary/aromatic N) is 2. The van der Waals surface area contributed by atoms with Crippen molar-refractivity contribution in [3.63, 3.8) is 0 Å². The fraction of sp³-hybridized carbons (Fsp3) is 0.526. The Kier molecular flexibility index (Phi) is 6.19. The Bertz CT molecular complexity index is 827. The molecule has 3 rings (SSSR count). The number of aryl methyl sites for hydroxylation is 2. The Morgan fingerprint density at radius 2 is 2.12 bits per heavy atom. The normalized spacial score (nSPS) is 14.7. The van der Waals surface area contributed by atoms with Crippen LogP contribution in [0.5, 0.6) is 0 Å². The second kappa shape index (κ2) is 8.58. The van der Waals surface area contributed by atoms with E-state index < -0.39 is 0 Å². The zero-order chi connectivity index (χ0) is 18.5. The van der Waals surface area contributed by atoms with E-state index in [4.69, 9.17) is 0 Å². The van der Waals surface area contributed by atoms with Crippen molar-refractivity contribution in [2.45, 2.75) is 63.7 Å². The second-order valence-electron chi connectivity index (χ2n) is 6.78. The van der Waals surface area contributed by atoms with Crippen molar-refractivity contribution in [1.29, 1.82) is 0 Å². The van der Waals surface area contributed by atoms with Gasteiger partial charge in [0.1, 0.15) is 0 Å². The number of hydrogen-bond acceptors (Lipinski definition) is 4. The third kappa shape index (κ3) is 4.38. The molecular weight excluding hydrogens is 348 g/mol. The lowest BCUT2D eigenvalue weighted by atomic mass is 9.89. The zero-order valence-corrected chi connectivity index (χ0v) is 16.2. The molecule has 0 unspecified atom stereocenters. The summed E-state index contributed by atoms with van der Waals surface area (Å²) in [5.74, 6) is 0.183. The van der Waals surface area contributed by atoms with Gasteiger partial charge in [-0.15, -0.1) is 5.10 Å². The van der Waals surface area contributed by atoms with Gasteiger partial charge in [-0.05, 0) is 55.7 Å². The predicted molar refractivity (Wildman–Crippen MR) is 104 cm³/mol. The van der Waals surface area contributed by atoms with Gasteiger partial charge in [0.25, 0.3) is 0 Å². The number of rotatable bonds is 7. The largest absolute Gasteiger partial charge is 0.349 e. The molecule has 0 aliphatic heterocycles. The summed E-state index contributed by atoms with van der Waals surface area (Å²) in [6, 6.07) is 6.52. The maximum absolute atomic E-state index is 12.3. The number of H-pyrrole nitrogens is 1. The predicted octanol–water partition coefficient (Wildman–Crippen LogP) is 2.83. The monoisotopic (exact) mass is 374 g/mol. The Hall–Kier alpha value is -2.02. The lowest BCUT2D eigenvalue weighted by molar-refractivity contribution is -0.119. The standard InChI is InChI=1S/C19H26N4O2S/c1-3-10-23-18(25)21-22-19(23)26-12-17(24)20-13(2)15-9-8-14-6-4-5-7-16(14)11-15/h8-9,11,13H,3-7,10,12H2,1-2H3,(H,20,24)(H,21,25)/t13-/m1/s1. The molecule has 1 aromatic heterocycles. The minimum Gasteiger partial charge on any atom is -0.349 e. The second-order valence-corrected chi connectivity index (χ2v) is 7.72. The molecule has 0 saturated carbocycles. The Labute approximate surface area is 157 Å². The molecule has 0 radical (unpaired) electrons. The minimum absolute atomic E-state index is 0.0349. The smallest absolute Gasteiger partial charge is 0.343 e. The van der Waals surface area contributed by atoms with Crippen molar-refractivity contribution in [2.24, 2.45) is 0 Å². The summed E-state index contributed by atoms with van der Waals surface area (Å²) in [4.78, 5) is 24.0. The molecule has 2 N–H and O–H groups in total. The fourth-order valence-electron chi connectivity index (χ4n) is 3.35. The van der Waals surface area contributed by atoms with Crippen LogP contribution in [0, 0.1) is 0 Å². The number of hydrogen-bond donors (Lipinski definition) is 2. The number of fused-ring (bicyclic) bond motifs is 1. The number of aromatic amines is 1. The van der Waals surface area contributed by atoms with E-state index in [0.29, 0.717) is 11.7 Å². The van der Waals surface area contributed by atoms with Crippen LogP contribution < -0.4 is 11.0 Å².